The Morgan fingerprint density at radius 3 is 2.57 bits per heavy atom. The average Bonchev–Trinajstić information content (AvgIpc) is 3.03. The number of hydrogen-bond acceptors (Lipinski definition) is 5. The summed E-state index contributed by atoms with van der Waals surface area (Å²) in [4.78, 5) is 39.5. The first-order chi connectivity index (χ1) is 13.8. The van der Waals surface area contributed by atoms with Crippen LogP contribution in [0.15, 0.2) is 36.0 Å². The molecule has 1 aliphatic heterocycles. The van der Waals surface area contributed by atoms with Crippen LogP contribution in [0.1, 0.15) is 47.0 Å². The van der Waals surface area contributed by atoms with Crippen LogP contribution in [-0.2, 0) is 19.1 Å². The fourth-order valence-electron chi connectivity index (χ4n) is 9.14. The summed E-state index contributed by atoms with van der Waals surface area (Å²) in [5.41, 5.74) is -4.04. The number of carbonyl (C=O) groups is 3. The van der Waals surface area contributed by atoms with Crippen molar-refractivity contribution >= 4 is 17.5 Å². The van der Waals surface area contributed by atoms with Crippen molar-refractivity contribution in [2.45, 2.75) is 52.6 Å². The Morgan fingerprint density at radius 2 is 1.87 bits per heavy atom. The van der Waals surface area contributed by atoms with E-state index in [0.717, 1.165) is 6.42 Å². The Bertz CT molecular complexity index is 1060. The highest BCUT2D eigenvalue weighted by Crippen LogP contribution is 2.84. The smallest absolute Gasteiger partial charge is 0.334 e. The van der Waals surface area contributed by atoms with E-state index in [-0.39, 0.29) is 30.1 Å². The molecule has 5 aliphatic carbocycles. The Hall–Kier alpha value is -2.01. The van der Waals surface area contributed by atoms with Gasteiger partial charge in [-0.15, -0.1) is 0 Å². The van der Waals surface area contributed by atoms with Gasteiger partial charge in [-0.25, -0.2) is 4.79 Å². The summed E-state index contributed by atoms with van der Waals surface area (Å²) in [5, 5.41) is 12.8. The van der Waals surface area contributed by atoms with Crippen LogP contribution in [0, 0.1) is 38.9 Å². The van der Waals surface area contributed by atoms with Crippen LogP contribution in [0.5, 0.6) is 0 Å². The number of esters is 1. The first-order valence-electron chi connectivity index (χ1n) is 10.9. The quantitative estimate of drug-likeness (QED) is 0.492. The predicted molar refractivity (Wildman–Crippen MR) is 108 cm³/mol. The second kappa shape index (κ2) is 4.59. The van der Waals surface area contributed by atoms with Crippen LogP contribution >= 0.6 is 0 Å². The first kappa shape index (κ1) is 18.7. The molecule has 0 aromatic rings. The molecular weight excluding hydrogens is 380 g/mol. The molecule has 30 heavy (non-hydrogen) atoms. The van der Waals surface area contributed by atoms with Crippen LogP contribution in [0.25, 0.3) is 0 Å². The van der Waals surface area contributed by atoms with Gasteiger partial charge in [0.2, 0.25) is 0 Å². The van der Waals surface area contributed by atoms with E-state index in [4.69, 9.17) is 4.74 Å². The monoisotopic (exact) mass is 408 g/mol. The van der Waals surface area contributed by atoms with Crippen LogP contribution < -0.4 is 0 Å². The van der Waals surface area contributed by atoms with Gasteiger partial charge in [0, 0.05) is 27.2 Å². The lowest BCUT2D eigenvalue weighted by molar-refractivity contribution is -0.258. The SMILES string of the molecule is C=C1[C@@H]2C(=O)[C@]3(C)C=C4C(=O)OC[C@]14[C@@]1(CC[C@H]4C(C)(C)C(=O)C=C[C@]4(C)[C@]21O)C3. The lowest BCUT2D eigenvalue weighted by atomic mass is 9.34. The highest BCUT2D eigenvalue weighted by atomic mass is 16.5. The van der Waals surface area contributed by atoms with Crippen molar-refractivity contribution < 1.29 is 24.2 Å². The minimum atomic E-state index is -1.42. The molecule has 0 amide bonds. The fourth-order valence-corrected chi connectivity index (χ4v) is 9.14. The van der Waals surface area contributed by atoms with Crippen molar-refractivity contribution in [1.82, 2.24) is 0 Å². The van der Waals surface area contributed by atoms with Gasteiger partial charge in [0.05, 0.1) is 16.9 Å². The molecule has 6 rings (SSSR count). The topological polar surface area (TPSA) is 80.7 Å². The number of fused-ring (bicyclic) bond motifs is 2. The molecule has 1 heterocycles. The van der Waals surface area contributed by atoms with Gasteiger partial charge in [0.1, 0.15) is 6.61 Å². The number of cyclic esters (lactones) is 1. The summed E-state index contributed by atoms with van der Waals surface area (Å²) in [6.45, 7) is 12.3. The number of ether oxygens (including phenoxy) is 1. The maximum absolute atomic E-state index is 13.9. The molecule has 158 valence electrons. The van der Waals surface area contributed by atoms with Crippen LogP contribution in [-0.4, -0.2) is 34.9 Å². The van der Waals surface area contributed by atoms with Crippen LogP contribution in [0.3, 0.4) is 0 Å². The van der Waals surface area contributed by atoms with Crippen LogP contribution in [0.4, 0.5) is 0 Å². The minimum Gasteiger partial charge on any atom is -0.461 e. The fraction of sp³-hybridized carbons (Fsp3) is 0.640. The zero-order chi connectivity index (χ0) is 21.7. The molecule has 5 heteroatoms. The van der Waals surface area contributed by atoms with Crippen molar-refractivity contribution in [2.75, 3.05) is 6.61 Å². The molecule has 3 bridgehead atoms. The second-order valence-corrected chi connectivity index (χ2v) is 11.6. The van der Waals surface area contributed by atoms with Crippen molar-refractivity contribution in [3.63, 3.8) is 0 Å². The van der Waals surface area contributed by atoms with Gasteiger partial charge in [-0.2, -0.15) is 0 Å². The number of rotatable bonds is 0. The first-order valence-corrected chi connectivity index (χ1v) is 10.9. The van der Waals surface area contributed by atoms with E-state index in [9.17, 15) is 19.5 Å². The molecule has 0 unspecified atom stereocenters. The van der Waals surface area contributed by atoms with Gasteiger partial charge in [0.15, 0.2) is 11.6 Å². The van der Waals surface area contributed by atoms with E-state index < -0.39 is 38.6 Å². The van der Waals surface area contributed by atoms with Gasteiger partial charge in [-0.05, 0) is 43.8 Å². The second-order valence-electron chi connectivity index (χ2n) is 11.6. The molecule has 1 N–H and O–H groups in total. The van der Waals surface area contributed by atoms with Crippen molar-refractivity contribution in [3.05, 3.63) is 36.0 Å². The molecule has 6 aliphatic rings. The van der Waals surface area contributed by atoms with E-state index in [1.165, 1.54) is 0 Å². The molecular formula is C25H28O5. The maximum atomic E-state index is 13.9. The van der Waals surface area contributed by atoms with Crippen molar-refractivity contribution in [1.29, 1.82) is 0 Å². The molecule has 0 radical (unpaired) electrons. The minimum absolute atomic E-state index is 0.0535. The van der Waals surface area contributed by atoms with Gasteiger partial charge in [0.25, 0.3) is 0 Å². The van der Waals surface area contributed by atoms with Crippen molar-refractivity contribution in [3.8, 4) is 0 Å². The van der Waals surface area contributed by atoms with E-state index in [1.54, 1.807) is 6.08 Å². The van der Waals surface area contributed by atoms with Crippen molar-refractivity contribution in [2.24, 2.45) is 38.9 Å². The summed E-state index contributed by atoms with van der Waals surface area (Å²) in [6, 6.07) is 0. The van der Waals surface area contributed by atoms with E-state index in [2.05, 4.69) is 6.58 Å². The average molecular weight is 408 g/mol. The highest BCUT2D eigenvalue weighted by Gasteiger charge is 2.88. The molecule has 0 aromatic heterocycles. The van der Waals surface area contributed by atoms with Gasteiger partial charge >= 0.3 is 5.97 Å². The third-order valence-corrected chi connectivity index (χ3v) is 10.4. The predicted octanol–water partition coefficient (Wildman–Crippen LogP) is 2.93. The zero-order valence-electron chi connectivity index (χ0n) is 18.0. The molecule has 5 nitrogen and oxygen atoms in total. The molecule has 3 saturated carbocycles. The summed E-state index contributed by atoms with van der Waals surface area (Å²) < 4.78 is 5.58. The maximum Gasteiger partial charge on any atom is 0.334 e. The summed E-state index contributed by atoms with van der Waals surface area (Å²) >= 11 is 0. The largest absolute Gasteiger partial charge is 0.461 e. The lowest BCUT2D eigenvalue weighted by Gasteiger charge is -2.69. The standard InChI is InChI=1S/C25H28O5/c1-13-17-18(27)21(4)10-14-19(28)30-12-24(13,14)23(11-21)9-6-15-20(2,3)16(26)7-8-22(15,5)25(17,23)29/h7-8,10,15,17,29H,1,6,9,11-12H2,2-5H3/t15-,17+,21+,22-,23+,24-,25+/m0/s1. The number of allylic oxidation sites excluding steroid dienone is 2. The van der Waals surface area contributed by atoms with Gasteiger partial charge in [-0.1, -0.05) is 39.5 Å². The van der Waals surface area contributed by atoms with Gasteiger partial charge in [-0.3, -0.25) is 9.59 Å². The molecule has 2 spiro atoms. The number of carbonyl (C=O) groups excluding carboxylic acids is 3. The molecule has 4 fully saturated rings. The molecule has 1 saturated heterocycles. The molecule has 7 atom stereocenters. The highest BCUT2D eigenvalue weighted by molar-refractivity contribution is 6.04. The van der Waals surface area contributed by atoms with E-state index >= 15 is 0 Å². The molecule has 0 aromatic carbocycles. The Kier molecular flexibility index (Phi) is 2.87. The third-order valence-electron chi connectivity index (χ3n) is 10.4. The van der Waals surface area contributed by atoms with E-state index in [1.807, 2.05) is 39.8 Å². The Morgan fingerprint density at radius 1 is 1.17 bits per heavy atom. The number of hydrogen-bond donors (Lipinski definition) is 1. The lowest BCUT2D eigenvalue weighted by Crippen LogP contribution is -2.74. The Labute approximate surface area is 176 Å². The summed E-state index contributed by atoms with van der Waals surface area (Å²) in [7, 11) is 0. The number of Topliss-reactive ketones (excluding diaryl/α,β-unsaturated/α-hetero) is 1. The number of aliphatic hydroxyl groups is 1. The summed E-state index contributed by atoms with van der Waals surface area (Å²) in [6.07, 6.45) is 7.14. The van der Waals surface area contributed by atoms with Crippen LogP contribution in [0.2, 0.25) is 0 Å². The summed E-state index contributed by atoms with van der Waals surface area (Å²) in [5.74, 6) is -1.26. The zero-order valence-corrected chi connectivity index (χ0v) is 18.0. The van der Waals surface area contributed by atoms with Gasteiger partial charge < -0.3 is 9.84 Å². The normalized spacial score (nSPS) is 54.5. The third kappa shape index (κ3) is 1.39. The van der Waals surface area contributed by atoms with E-state index in [0.29, 0.717) is 24.0 Å². The number of ketones is 2. The Balaban J connectivity index is 1.71.